The maximum Gasteiger partial charge on any atom is 0.146 e. The molecule has 234 valence electrons. The van der Waals surface area contributed by atoms with Crippen LogP contribution in [0.2, 0.25) is 0 Å². The number of imidazole rings is 2. The lowest BCUT2D eigenvalue weighted by molar-refractivity contribution is 0.770. The Bertz CT molecular complexity index is 2970. The van der Waals surface area contributed by atoms with Crippen LogP contribution in [-0.4, -0.2) is 18.9 Å². The number of aryl methyl sites for hydroxylation is 1. The van der Waals surface area contributed by atoms with E-state index in [0.29, 0.717) is 0 Å². The average Bonchev–Trinajstić information content (AvgIpc) is 3.84. The fourth-order valence-electron chi connectivity index (χ4n) is 8.86. The van der Waals surface area contributed by atoms with Crippen LogP contribution in [0.15, 0.2) is 164 Å². The van der Waals surface area contributed by atoms with E-state index < -0.39 is 5.41 Å². The first-order valence-electron chi connectivity index (χ1n) is 17.2. The highest BCUT2D eigenvalue weighted by Gasteiger charge is 2.46. The highest BCUT2D eigenvalue weighted by molar-refractivity contribution is 6.14. The van der Waals surface area contributed by atoms with Crippen molar-refractivity contribution in [1.82, 2.24) is 18.9 Å². The third-order valence-electron chi connectivity index (χ3n) is 11.0. The van der Waals surface area contributed by atoms with Crippen LogP contribution < -0.4 is 0 Å². The van der Waals surface area contributed by atoms with Crippen LogP contribution >= 0.6 is 0 Å². The maximum atomic E-state index is 5.28. The van der Waals surface area contributed by atoms with E-state index in [1.807, 2.05) is 0 Å². The molecule has 7 aromatic carbocycles. The Balaban J connectivity index is 1.27. The van der Waals surface area contributed by atoms with Gasteiger partial charge in [-0.05, 0) is 81.2 Å². The summed E-state index contributed by atoms with van der Waals surface area (Å²) in [5.74, 6) is 0.957. The summed E-state index contributed by atoms with van der Waals surface area (Å²) < 4.78 is 4.55. The van der Waals surface area contributed by atoms with Crippen molar-refractivity contribution in [3.63, 3.8) is 0 Å². The van der Waals surface area contributed by atoms with Gasteiger partial charge >= 0.3 is 0 Å². The molecule has 0 bridgehead atoms. The summed E-state index contributed by atoms with van der Waals surface area (Å²) in [6, 6.07) is 59.6. The molecule has 10 aromatic rings. The van der Waals surface area contributed by atoms with Crippen LogP contribution in [0.4, 0.5) is 0 Å². The van der Waals surface area contributed by atoms with E-state index in [9.17, 15) is 0 Å². The number of fused-ring (bicyclic) bond motifs is 12. The molecule has 1 aliphatic rings. The lowest BCUT2D eigenvalue weighted by atomic mass is 9.67. The Morgan fingerprint density at radius 2 is 1.08 bits per heavy atom. The molecule has 0 radical (unpaired) electrons. The van der Waals surface area contributed by atoms with Gasteiger partial charge in [0.15, 0.2) is 0 Å². The number of aromatic nitrogens is 4. The van der Waals surface area contributed by atoms with Gasteiger partial charge in [0, 0.05) is 23.4 Å². The normalized spacial score (nSPS) is 13.5. The molecule has 0 N–H and O–H groups in total. The minimum absolute atomic E-state index is 0.573. The molecule has 0 saturated heterocycles. The molecule has 50 heavy (non-hydrogen) atoms. The molecule has 3 heterocycles. The number of hydrogen-bond acceptors (Lipinski definition) is 2. The quantitative estimate of drug-likeness (QED) is 0.181. The molecule has 0 unspecified atom stereocenters. The van der Waals surface area contributed by atoms with Crippen LogP contribution in [0, 0.1) is 0 Å². The van der Waals surface area contributed by atoms with Crippen molar-refractivity contribution in [3.05, 3.63) is 186 Å². The number of nitrogens with zero attached hydrogens (tertiary/aromatic N) is 4. The highest BCUT2D eigenvalue weighted by Crippen LogP contribution is 2.56. The number of pyridine rings is 1. The first-order chi connectivity index (χ1) is 24.7. The van der Waals surface area contributed by atoms with E-state index in [-0.39, 0.29) is 0 Å². The van der Waals surface area contributed by atoms with Gasteiger partial charge in [0.05, 0.1) is 33.0 Å². The minimum atomic E-state index is -0.573. The van der Waals surface area contributed by atoms with Crippen molar-refractivity contribution < 1.29 is 0 Å². The third-order valence-corrected chi connectivity index (χ3v) is 11.0. The van der Waals surface area contributed by atoms with E-state index in [1.54, 1.807) is 0 Å². The molecule has 0 atom stereocenters. The Hall–Kier alpha value is -6.52. The summed E-state index contributed by atoms with van der Waals surface area (Å²) in [4.78, 5) is 10.4. The zero-order valence-electron chi connectivity index (χ0n) is 27.4. The standard InChI is InChI=1S/C46H30N4/c1-49-42-23-10-7-20-39(42)47-44(49)29-13-12-14-30(27-29)46(37-18-5-2-15-33(37)34-16-3-6-19-38(34)46)31-25-26-32-35-17-4-9-22-41(35)50-43-24-11-8-21-40(43)48-45(50)36(32)28-31/h2-28H,1H3. The van der Waals surface area contributed by atoms with E-state index in [4.69, 9.17) is 9.97 Å². The van der Waals surface area contributed by atoms with Crippen LogP contribution in [0.3, 0.4) is 0 Å². The molecule has 1 aliphatic carbocycles. The molecule has 0 aliphatic heterocycles. The predicted molar refractivity (Wildman–Crippen MR) is 205 cm³/mol. The molecule has 4 nitrogen and oxygen atoms in total. The Labute approximate surface area is 288 Å². The number of hydrogen-bond donors (Lipinski definition) is 0. The second kappa shape index (κ2) is 10.0. The van der Waals surface area contributed by atoms with Crippen molar-refractivity contribution >= 4 is 49.4 Å². The zero-order valence-corrected chi connectivity index (χ0v) is 27.4. The maximum absolute atomic E-state index is 5.28. The third kappa shape index (κ3) is 3.49. The first kappa shape index (κ1) is 27.4. The van der Waals surface area contributed by atoms with Gasteiger partial charge in [-0.15, -0.1) is 0 Å². The molecule has 0 fully saturated rings. The summed E-state index contributed by atoms with van der Waals surface area (Å²) in [6.07, 6.45) is 0. The molecule has 4 heteroatoms. The molecular formula is C46H30N4. The van der Waals surface area contributed by atoms with Gasteiger partial charge in [-0.2, -0.15) is 0 Å². The van der Waals surface area contributed by atoms with Gasteiger partial charge in [-0.25, -0.2) is 9.97 Å². The topological polar surface area (TPSA) is 35.1 Å². The lowest BCUT2D eigenvalue weighted by Gasteiger charge is -2.34. The SMILES string of the molecule is Cn1c(-c2cccc(C3(c4ccc5c6ccccc6n6c7ccccc7nc6c5c4)c4ccccc4-c4ccccc43)c2)nc2ccccc21. The summed E-state index contributed by atoms with van der Waals surface area (Å²) in [7, 11) is 2.11. The van der Waals surface area contributed by atoms with E-state index in [2.05, 4.69) is 180 Å². The summed E-state index contributed by atoms with van der Waals surface area (Å²) in [5, 5.41) is 3.57. The zero-order chi connectivity index (χ0) is 33.0. The van der Waals surface area contributed by atoms with Gasteiger partial charge in [0.2, 0.25) is 0 Å². The monoisotopic (exact) mass is 638 g/mol. The van der Waals surface area contributed by atoms with Crippen LogP contribution in [0.5, 0.6) is 0 Å². The second-order valence-electron chi connectivity index (χ2n) is 13.4. The molecular weight excluding hydrogens is 609 g/mol. The van der Waals surface area contributed by atoms with Gasteiger partial charge in [-0.1, -0.05) is 121 Å². The van der Waals surface area contributed by atoms with Crippen molar-refractivity contribution in [2.45, 2.75) is 5.41 Å². The molecule has 0 spiro atoms. The first-order valence-corrected chi connectivity index (χ1v) is 17.2. The van der Waals surface area contributed by atoms with Gasteiger partial charge < -0.3 is 4.57 Å². The molecule has 11 rings (SSSR count). The smallest absolute Gasteiger partial charge is 0.146 e. The van der Waals surface area contributed by atoms with E-state index in [0.717, 1.165) is 50.0 Å². The average molecular weight is 639 g/mol. The summed E-state index contributed by atoms with van der Waals surface area (Å²) in [6.45, 7) is 0. The fourth-order valence-corrected chi connectivity index (χ4v) is 8.86. The van der Waals surface area contributed by atoms with Crippen LogP contribution in [-0.2, 0) is 12.5 Å². The fraction of sp³-hybridized carbons (Fsp3) is 0.0435. The largest absolute Gasteiger partial charge is 0.327 e. The van der Waals surface area contributed by atoms with E-state index in [1.165, 1.54) is 44.2 Å². The van der Waals surface area contributed by atoms with Crippen molar-refractivity contribution in [3.8, 4) is 22.5 Å². The lowest BCUT2D eigenvalue weighted by Crippen LogP contribution is -2.28. The second-order valence-corrected chi connectivity index (χ2v) is 13.4. The minimum Gasteiger partial charge on any atom is -0.327 e. The van der Waals surface area contributed by atoms with Gasteiger partial charge in [0.25, 0.3) is 0 Å². The predicted octanol–water partition coefficient (Wildman–Crippen LogP) is 10.7. The van der Waals surface area contributed by atoms with Gasteiger partial charge in [-0.3, -0.25) is 4.40 Å². The molecule has 0 saturated carbocycles. The van der Waals surface area contributed by atoms with Crippen molar-refractivity contribution in [2.24, 2.45) is 7.05 Å². The summed E-state index contributed by atoms with van der Waals surface area (Å²) in [5.41, 5.74) is 14.4. The van der Waals surface area contributed by atoms with Gasteiger partial charge in [0.1, 0.15) is 11.5 Å². The Kier molecular flexibility index (Phi) is 5.49. The van der Waals surface area contributed by atoms with Crippen molar-refractivity contribution in [2.75, 3.05) is 0 Å². The Morgan fingerprint density at radius 3 is 1.84 bits per heavy atom. The Morgan fingerprint density at radius 1 is 0.460 bits per heavy atom. The number of benzene rings is 7. The number of rotatable bonds is 3. The number of para-hydroxylation sites is 5. The van der Waals surface area contributed by atoms with Crippen LogP contribution in [0.1, 0.15) is 22.3 Å². The summed E-state index contributed by atoms with van der Waals surface area (Å²) >= 11 is 0. The highest BCUT2D eigenvalue weighted by atomic mass is 15.1. The molecule has 3 aromatic heterocycles. The van der Waals surface area contributed by atoms with Crippen molar-refractivity contribution in [1.29, 1.82) is 0 Å². The van der Waals surface area contributed by atoms with Crippen LogP contribution in [0.25, 0.3) is 71.9 Å². The molecule has 0 amide bonds. The van der Waals surface area contributed by atoms with E-state index >= 15 is 0 Å².